The predicted octanol–water partition coefficient (Wildman–Crippen LogP) is 4.11. The van der Waals surface area contributed by atoms with E-state index in [0.717, 1.165) is 29.0 Å². The van der Waals surface area contributed by atoms with Crippen molar-refractivity contribution in [3.8, 4) is 5.75 Å². The van der Waals surface area contributed by atoms with Crippen LogP contribution >= 0.6 is 15.9 Å². The van der Waals surface area contributed by atoms with Gasteiger partial charge in [-0.3, -0.25) is 0 Å². The zero-order chi connectivity index (χ0) is 13.5. The second kappa shape index (κ2) is 7.21. The normalized spacial score (nSPS) is 12.6. The lowest BCUT2D eigenvalue weighted by molar-refractivity contribution is -0.131. The molecular weight excluding hydrogens is 296 g/mol. The fourth-order valence-corrected chi connectivity index (χ4v) is 2.08. The molecule has 1 N–H and O–H groups in total. The number of rotatable bonds is 6. The quantitative estimate of drug-likeness (QED) is 0.804. The molecule has 1 unspecified atom stereocenters. The largest absolute Gasteiger partial charge is 0.489 e. The topological polar surface area (TPSA) is 46.5 Å². The second-order valence-corrected chi connectivity index (χ2v) is 4.90. The van der Waals surface area contributed by atoms with Gasteiger partial charge in [-0.2, -0.15) is 0 Å². The fraction of sp³-hybridized carbons (Fsp3) is 0.357. The van der Waals surface area contributed by atoms with Crippen molar-refractivity contribution in [3.05, 3.63) is 34.3 Å². The van der Waals surface area contributed by atoms with Crippen LogP contribution in [-0.2, 0) is 4.79 Å². The predicted molar refractivity (Wildman–Crippen MR) is 75.8 cm³/mol. The first-order chi connectivity index (χ1) is 8.54. The Balaban J connectivity index is 2.97. The van der Waals surface area contributed by atoms with Crippen LogP contribution in [0.15, 0.2) is 28.7 Å². The zero-order valence-electron chi connectivity index (χ0n) is 10.5. The number of carboxylic acid groups (broad SMARTS) is 1. The average molecular weight is 313 g/mol. The molecule has 1 atom stereocenters. The molecule has 1 aromatic carbocycles. The molecule has 0 heterocycles. The van der Waals surface area contributed by atoms with Crippen LogP contribution in [0.1, 0.15) is 32.3 Å². The first-order valence-electron chi connectivity index (χ1n) is 5.90. The number of hydrogen-bond acceptors (Lipinski definition) is 2. The number of aliphatic carboxylic acids is 1. The third kappa shape index (κ3) is 4.53. The molecule has 3 nitrogen and oxygen atoms in total. The van der Waals surface area contributed by atoms with Crippen LogP contribution in [0.4, 0.5) is 0 Å². The zero-order valence-corrected chi connectivity index (χ0v) is 12.1. The van der Waals surface area contributed by atoms with Crippen molar-refractivity contribution in [3.63, 3.8) is 0 Å². The van der Waals surface area contributed by atoms with E-state index in [2.05, 4.69) is 22.9 Å². The van der Waals surface area contributed by atoms with Crippen molar-refractivity contribution >= 4 is 28.0 Å². The van der Waals surface area contributed by atoms with Crippen LogP contribution in [0.2, 0.25) is 0 Å². The van der Waals surface area contributed by atoms with Crippen LogP contribution in [0.5, 0.6) is 5.75 Å². The average Bonchev–Trinajstić information content (AvgIpc) is 2.30. The van der Waals surface area contributed by atoms with Crippen LogP contribution in [-0.4, -0.2) is 17.2 Å². The molecule has 0 aromatic heterocycles. The Bertz CT molecular complexity index is 441. The number of hydrogen-bond donors (Lipinski definition) is 1. The van der Waals surface area contributed by atoms with E-state index >= 15 is 0 Å². The number of benzene rings is 1. The van der Waals surface area contributed by atoms with Crippen LogP contribution < -0.4 is 4.74 Å². The number of halogens is 1. The van der Waals surface area contributed by atoms with Crippen molar-refractivity contribution in [1.29, 1.82) is 0 Å². The number of carboxylic acids is 1. The van der Waals surface area contributed by atoms with E-state index in [-0.39, 0.29) is 6.10 Å². The van der Waals surface area contributed by atoms with E-state index in [1.165, 1.54) is 0 Å². The molecule has 0 aliphatic carbocycles. The number of carbonyl (C=O) groups is 1. The Labute approximate surface area is 116 Å². The first-order valence-corrected chi connectivity index (χ1v) is 6.70. The monoisotopic (exact) mass is 312 g/mol. The van der Waals surface area contributed by atoms with Gasteiger partial charge in [0.15, 0.2) is 0 Å². The summed E-state index contributed by atoms with van der Waals surface area (Å²) < 4.78 is 6.69. The maximum atomic E-state index is 10.6. The van der Waals surface area contributed by atoms with E-state index in [1.54, 1.807) is 6.08 Å². The minimum Gasteiger partial charge on any atom is -0.489 e. The smallest absolute Gasteiger partial charge is 0.328 e. The molecule has 0 amide bonds. The Morgan fingerprint density at radius 2 is 2.28 bits per heavy atom. The molecule has 4 heteroatoms. The molecule has 0 radical (unpaired) electrons. The van der Waals surface area contributed by atoms with Crippen molar-refractivity contribution in [2.24, 2.45) is 0 Å². The summed E-state index contributed by atoms with van der Waals surface area (Å²) in [5.74, 6) is -0.279. The van der Waals surface area contributed by atoms with Crippen molar-refractivity contribution < 1.29 is 14.6 Å². The molecule has 0 saturated heterocycles. The van der Waals surface area contributed by atoms with Gasteiger partial charge in [-0.25, -0.2) is 4.79 Å². The summed E-state index contributed by atoms with van der Waals surface area (Å²) in [4.78, 5) is 10.6. The highest BCUT2D eigenvalue weighted by molar-refractivity contribution is 9.10. The molecule has 0 fully saturated rings. The van der Waals surface area contributed by atoms with Gasteiger partial charge in [-0.05, 0) is 41.4 Å². The Hall–Kier alpha value is -1.29. The summed E-state index contributed by atoms with van der Waals surface area (Å²) in [7, 11) is 0. The van der Waals surface area contributed by atoms with Crippen molar-refractivity contribution in [2.75, 3.05) is 0 Å². The standard InChI is InChI=1S/C14H17BrO3/c1-3-5-10(2)18-14-11(8-9-13(16)17)6-4-7-12(14)15/h4,6-10H,3,5H2,1-2H3,(H,16,17)/b9-8+. The lowest BCUT2D eigenvalue weighted by Crippen LogP contribution is -2.12. The molecule has 1 rings (SSSR count). The minimum atomic E-state index is -0.970. The van der Waals surface area contributed by atoms with Gasteiger partial charge >= 0.3 is 5.97 Å². The summed E-state index contributed by atoms with van der Waals surface area (Å²) in [5, 5.41) is 8.66. The highest BCUT2D eigenvalue weighted by Gasteiger charge is 2.10. The summed E-state index contributed by atoms with van der Waals surface area (Å²) >= 11 is 3.43. The Morgan fingerprint density at radius 3 is 2.89 bits per heavy atom. The number of para-hydroxylation sites is 1. The molecule has 0 aliphatic rings. The maximum absolute atomic E-state index is 10.6. The van der Waals surface area contributed by atoms with Crippen molar-refractivity contribution in [1.82, 2.24) is 0 Å². The van der Waals surface area contributed by atoms with Gasteiger partial charge in [-0.15, -0.1) is 0 Å². The molecule has 0 spiro atoms. The van der Waals surface area contributed by atoms with Gasteiger partial charge < -0.3 is 9.84 Å². The maximum Gasteiger partial charge on any atom is 0.328 e. The third-order valence-electron chi connectivity index (χ3n) is 2.42. The fourth-order valence-electron chi connectivity index (χ4n) is 1.61. The molecule has 0 bridgehead atoms. The summed E-state index contributed by atoms with van der Waals surface area (Å²) in [6.45, 7) is 4.11. The van der Waals surface area contributed by atoms with E-state index in [9.17, 15) is 4.79 Å². The lowest BCUT2D eigenvalue weighted by Gasteiger charge is -2.17. The molecular formula is C14H17BrO3. The molecule has 18 heavy (non-hydrogen) atoms. The van der Waals surface area contributed by atoms with Gasteiger partial charge in [-0.1, -0.05) is 25.5 Å². The van der Waals surface area contributed by atoms with Gasteiger partial charge in [0.1, 0.15) is 5.75 Å². The Morgan fingerprint density at radius 1 is 1.56 bits per heavy atom. The summed E-state index contributed by atoms with van der Waals surface area (Å²) in [6.07, 6.45) is 4.76. The van der Waals surface area contributed by atoms with Crippen LogP contribution in [0.3, 0.4) is 0 Å². The molecule has 1 aromatic rings. The summed E-state index contributed by atoms with van der Waals surface area (Å²) in [5.41, 5.74) is 0.759. The first kappa shape index (κ1) is 14.8. The van der Waals surface area contributed by atoms with E-state index in [4.69, 9.17) is 9.84 Å². The third-order valence-corrected chi connectivity index (χ3v) is 3.04. The van der Waals surface area contributed by atoms with Crippen molar-refractivity contribution in [2.45, 2.75) is 32.8 Å². The Kier molecular flexibility index (Phi) is 5.92. The highest BCUT2D eigenvalue weighted by atomic mass is 79.9. The van der Waals surface area contributed by atoms with Gasteiger partial charge in [0.2, 0.25) is 0 Å². The van der Waals surface area contributed by atoms with Gasteiger partial charge in [0, 0.05) is 11.6 Å². The number of ether oxygens (including phenoxy) is 1. The van der Waals surface area contributed by atoms with Crippen LogP contribution in [0, 0.1) is 0 Å². The summed E-state index contributed by atoms with van der Waals surface area (Å²) in [6, 6.07) is 5.56. The van der Waals surface area contributed by atoms with E-state index in [0.29, 0.717) is 5.75 Å². The lowest BCUT2D eigenvalue weighted by atomic mass is 10.1. The van der Waals surface area contributed by atoms with Gasteiger partial charge in [0.25, 0.3) is 0 Å². The molecule has 98 valence electrons. The molecule has 0 saturated carbocycles. The second-order valence-electron chi connectivity index (χ2n) is 4.05. The SMILES string of the molecule is CCCC(C)Oc1c(Br)cccc1/C=C/C(=O)O. The minimum absolute atomic E-state index is 0.102. The molecule has 0 aliphatic heterocycles. The van der Waals surface area contributed by atoms with Gasteiger partial charge in [0.05, 0.1) is 10.6 Å². The highest BCUT2D eigenvalue weighted by Crippen LogP contribution is 2.31. The van der Waals surface area contributed by atoms with E-state index < -0.39 is 5.97 Å². The van der Waals surface area contributed by atoms with Crippen LogP contribution in [0.25, 0.3) is 6.08 Å². The van der Waals surface area contributed by atoms with E-state index in [1.807, 2.05) is 25.1 Å².